The number of hydrogen-bond donors (Lipinski definition) is 0. The molecule has 0 unspecified atom stereocenters. The molecule has 1 radical (unpaired) electrons. The molecule has 0 spiro atoms. The van der Waals surface area contributed by atoms with Crippen molar-refractivity contribution >= 4 is 32.6 Å². The first-order valence-electron chi connectivity index (χ1n) is 5.63. The predicted molar refractivity (Wildman–Crippen MR) is 73.1 cm³/mol. The van der Waals surface area contributed by atoms with Gasteiger partial charge < -0.3 is 0 Å². The highest BCUT2D eigenvalue weighted by molar-refractivity contribution is 7.20. The second-order valence-corrected chi connectivity index (χ2v) is 5.01. The number of fused-ring (bicyclic) bond motifs is 2. The smallest absolute Gasteiger partial charge is 0.197 e. The lowest BCUT2D eigenvalue weighted by atomic mass is 10.3. The number of hydrogen-bond acceptors (Lipinski definition) is 3. The van der Waals surface area contributed by atoms with Crippen LogP contribution < -0.4 is 0 Å². The van der Waals surface area contributed by atoms with Gasteiger partial charge in [-0.15, -0.1) is 0 Å². The number of rotatable bonds is 1. The van der Waals surface area contributed by atoms with Crippen LogP contribution in [0.3, 0.4) is 0 Å². The van der Waals surface area contributed by atoms with Gasteiger partial charge in [0.15, 0.2) is 11.5 Å². The molecule has 2 aromatic heterocycles. The van der Waals surface area contributed by atoms with Crippen molar-refractivity contribution in [3.8, 4) is 5.13 Å². The average Bonchev–Trinajstić information content (AvgIpc) is 3.02. The van der Waals surface area contributed by atoms with Gasteiger partial charge in [-0.1, -0.05) is 35.6 Å². The molecule has 0 aliphatic rings. The molecule has 0 aliphatic heterocycles. The van der Waals surface area contributed by atoms with Crippen molar-refractivity contribution in [3.05, 3.63) is 54.9 Å². The van der Waals surface area contributed by atoms with Crippen LogP contribution in [0.5, 0.6) is 0 Å². The Morgan fingerprint density at radius 2 is 1.72 bits per heavy atom. The number of para-hydroxylation sites is 3. The second-order valence-electron chi connectivity index (χ2n) is 4.00. The van der Waals surface area contributed by atoms with E-state index in [9.17, 15) is 0 Å². The highest BCUT2D eigenvalue weighted by Crippen LogP contribution is 2.26. The molecule has 4 rings (SSSR count). The molecule has 18 heavy (non-hydrogen) atoms. The fraction of sp³-hybridized carbons (Fsp3) is 0. The van der Waals surface area contributed by atoms with Crippen LogP contribution in [0.1, 0.15) is 0 Å². The van der Waals surface area contributed by atoms with Crippen LogP contribution in [0.15, 0.2) is 48.5 Å². The van der Waals surface area contributed by atoms with Crippen molar-refractivity contribution < 1.29 is 0 Å². The molecular formula is C14H8N3S. The normalized spacial score (nSPS) is 11.3. The third-order valence-electron chi connectivity index (χ3n) is 2.87. The Kier molecular flexibility index (Phi) is 1.98. The quantitative estimate of drug-likeness (QED) is 0.518. The van der Waals surface area contributed by atoms with Crippen LogP contribution in [0.25, 0.3) is 26.4 Å². The highest BCUT2D eigenvalue weighted by atomic mass is 32.1. The lowest BCUT2D eigenvalue weighted by Gasteiger charge is -1.96. The summed E-state index contributed by atoms with van der Waals surface area (Å²) in [5.41, 5.74) is 3.00. The van der Waals surface area contributed by atoms with Gasteiger partial charge in [0.25, 0.3) is 0 Å². The van der Waals surface area contributed by atoms with E-state index in [4.69, 9.17) is 0 Å². The Labute approximate surface area is 107 Å². The van der Waals surface area contributed by atoms with Crippen molar-refractivity contribution in [2.24, 2.45) is 0 Å². The Morgan fingerprint density at radius 3 is 2.61 bits per heavy atom. The molecule has 0 saturated heterocycles. The number of imidazole rings is 1. The summed E-state index contributed by atoms with van der Waals surface area (Å²) in [5.74, 6) is 0. The summed E-state index contributed by atoms with van der Waals surface area (Å²) < 4.78 is 3.10. The average molecular weight is 250 g/mol. The van der Waals surface area contributed by atoms with Gasteiger partial charge in [0.05, 0.1) is 21.3 Å². The summed E-state index contributed by atoms with van der Waals surface area (Å²) in [6.07, 6.45) is 3.01. The summed E-state index contributed by atoms with van der Waals surface area (Å²) in [4.78, 5) is 8.89. The van der Waals surface area contributed by atoms with Crippen molar-refractivity contribution in [3.63, 3.8) is 0 Å². The molecule has 0 amide bonds. The minimum absolute atomic E-state index is 0.907. The molecule has 4 aromatic rings. The molecule has 2 aromatic carbocycles. The van der Waals surface area contributed by atoms with E-state index in [0.29, 0.717) is 0 Å². The van der Waals surface area contributed by atoms with Crippen molar-refractivity contribution in [1.29, 1.82) is 0 Å². The van der Waals surface area contributed by atoms with E-state index < -0.39 is 0 Å². The van der Waals surface area contributed by atoms with Gasteiger partial charge in [-0.3, -0.25) is 4.57 Å². The van der Waals surface area contributed by atoms with E-state index in [2.05, 4.69) is 22.4 Å². The molecule has 0 aliphatic carbocycles. The zero-order valence-electron chi connectivity index (χ0n) is 9.37. The molecule has 4 heteroatoms. The summed E-state index contributed by atoms with van der Waals surface area (Å²) in [6.45, 7) is 0. The minimum Gasteiger partial charge on any atom is -0.265 e. The second kappa shape index (κ2) is 3.65. The zero-order chi connectivity index (χ0) is 11.9. The molecule has 0 fully saturated rings. The first-order valence-corrected chi connectivity index (χ1v) is 6.44. The fourth-order valence-electron chi connectivity index (χ4n) is 2.01. The zero-order valence-corrected chi connectivity index (χ0v) is 10.2. The van der Waals surface area contributed by atoms with Gasteiger partial charge in [-0.05, 0) is 24.3 Å². The largest absolute Gasteiger partial charge is 0.265 e. The number of benzene rings is 2. The maximum atomic E-state index is 4.62. The summed E-state index contributed by atoms with van der Waals surface area (Å²) in [6, 6.07) is 16.1. The lowest BCUT2D eigenvalue weighted by molar-refractivity contribution is 1.06. The van der Waals surface area contributed by atoms with Crippen molar-refractivity contribution in [2.75, 3.05) is 0 Å². The van der Waals surface area contributed by atoms with Gasteiger partial charge in [-0.2, -0.15) is 0 Å². The number of aromatic nitrogens is 3. The van der Waals surface area contributed by atoms with E-state index in [1.54, 1.807) is 11.3 Å². The molecule has 85 valence electrons. The Balaban J connectivity index is 2.01. The molecule has 2 heterocycles. The lowest BCUT2D eigenvalue weighted by Crippen LogP contribution is -1.90. The van der Waals surface area contributed by atoms with Gasteiger partial charge in [0.2, 0.25) is 0 Å². The first-order chi connectivity index (χ1) is 8.92. The van der Waals surface area contributed by atoms with Crippen LogP contribution in [-0.4, -0.2) is 14.5 Å². The monoisotopic (exact) mass is 250 g/mol. The molecule has 3 nitrogen and oxygen atoms in total. The van der Waals surface area contributed by atoms with Gasteiger partial charge in [-0.25, -0.2) is 9.97 Å². The molecule has 0 bridgehead atoms. The third-order valence-corrected chi connectivity index (χ3v) is 3.89. The Morgan fingerprint density at radius 1 is 0.944 bits per heavy atom. The molecule has 0 atom stereocenters. The maximum Gasteiger partial charge on any atom is 0.197 e. The molecular weight excluding hydrogens is 242 g/mol. The van der Waals surface area contributed by atoms with Crippen LogP contribution in [0, 0.1) is 6.33 Å². The van der Waals surface area contributed by atoms with Crippen molar-refractivity contribution in [1.82, 2.24) is 14.5 Å². The van der Waals surface area contributed by atoms with Crippen LogP contribution in [0.2, 0.25) is 0 Å². The van der Waals surface area contributed by atoms with Crippen LogP contribution in [-0.2, 0) is 0 Å². The van der Waals surface area contributed by atoms with Crippen LogP contribution in [0.4, 0.5) is 0 Å². The first kappa shape index (κ1) is 9.79. The highest BCUT2D eigenvalue weighted by Gasteiger charge is 2.09. The third kappa shape index (κ3) is 1.36. The molecule has 0 saturated carbocycles. The standard InChI is InChI=1S/C14H8N3S/c1-3-7-12-10(5-1)15-9-17(12)14-16-11-6-2-4-8-13(11)18-14/h1-8H. The minimum atomic E-state index is 0.907. The Hall–Kier alpha value is -2.20. The van der Waals surface area contributed by atoms with Crippen molar-refractivity contribution in [2.45, 2.75) is 0 Å². The predicted octanol–water partition coefficient (Wildman–Crippen LogP) is 3.44. The van der Waals surface area contributed by atoms with E-state index in [-0.39, 0.29) is 0 Å². The fourth-order valence-corrected chi connectivity index (χ4v) is 2.94. The number of nitrogens with zero attached hydrogens (tertiary/aromatic N) is 3. The van der Waals surface area contributed by atoms with E-state index in [0.717, 1.165) is 21.7 Å². The van der Waals surface area contributed by atoms with Crippen LogP contribution >= 0.6 is 11.3 Å². The van der Waals surface area contributed by atoms with Gasteiger partial charge in [0, 0.05) is 0 Å². The van der Waals surface area contributed by atoms with E-state index >= 15 is 0 Å². The Bertz CT molecular complexity index is 811. The van der Waals surface area contributed by atoms with Gasteiger partial charge >= 0.3 is 0 Å². The maximum absolute atomic E-state index is 4.62. The van der Waals surface area contributed by atoms with Gasteiger partial charge in [0.1, 0.15) is 0 Å². The van der Waals surface area contributed by atoms with E-state index in [1.807, 2.05) is 47.0 Å². The summed E-state index contributed by atoms with van der Waals surface area (Å²) in [7, 11) is 0. The topological polar surface area (TPSA) is 30.7 Å². The van der Waals surface area contributed by atoms with E-state index in [1.165, 1.54) is 4.70 Å². The number of thiazole rings is 1. The molecule has 0 N–H and O–H groups in total. The SMILES string of the molecule is [c]1nc2ccccc2n1-c1nc2ccccc2s1. The summed E-state index contributed by atoms with van der Waals surface area (Å²) in [5, 5.41) is 0.907. The summed E-state index contributed by atoms with van der Waals surface area (Å²) >= 11 is 1.65.